The Kier molecular flexibility index (Phi) is 4.07. The number of hydrogen-bond acceptors (Lipinski definition) is 5. The summed E-state index contributed by atoms with van der Waals surface area (Å²) in [4.78, 5) is 20.5. The van der Waals surface area contributed by atoms with Crippen LogP contribution < -0.4 is 10.1 Å². The molecule has 1 atom stereocenters. The van der Waals surface area contributed by atoms with E-state index >= 15 is 0 Å². The van der Waals surface area contributed by atoms with E-state index in [1.165, 1.54) is 6.33 Å². The molecule has 1 amide bonds. The predicted octanol–water partition coefficient (Wildman–Crippen LogP) is 1.94. The number of nitrogens with one attached hydrogen (secondary N) is 1. The highest BCUT2D eigenvalue weighted by atomic mass is 35.5. The average Bonchev–Trinajstić information content (AvgIpc) is 3.29. The Labute approximate surface area is 148 Å². The number of halogens is 1. The van der Waals surface area contributed by atoms with Crippen LogP contribution in [0.4, 0.5) is 0 Å². The minimum absolute atomic E-state index is 0.160. The van der Waals surface area contributed by atoms with E-state index in [0.29, 0.717) is 29.6 Å². The van der Waals surface area contributed by atoms with Gasteiger partial charge in [0.1, 0.15) is 18.4 Å². The van der Waals surface area contributed by atoms with E-state index in [1.54, 1.807) is 29.3 Å². The molecule has 126 valence electrons. The van der Waals surface area contributed by atoms with Crippen LogP contribution in [0.15, 0.2) is 49.2 Å². The van der Waals surface area contributed by atoms with Crippen molar-refractivity contribution in [3.05, 3.63) is 65.3 Å². The molecule has 2 aromatic heterocycles. The number of benzene rings is 1. The Morgan fingerprint density at radius 1 is 1.36 bits per heavy atom. The summed E-state index contributed by atoms with van der Waals surface area (Å²) in [5, 5.41) is 7.53. The van der Waals surface area contributed by atoms with Crippen molar-refractivity contribution in [1.82, 2.24) is 25.1 Å². The van der Waals surface area contributed by atoms with Gasteiger partial charge in [-0.05, 0) is 35.4 Å². The van der Waals surface area contributed by atoms with Crippen molar-refractivity contribution in [2.24, 2.45) is 0 Å². The molecule has 0 saturated carbocycles. The van der Waals surface area contributed by atoms with Crippen molar-refractivity contribution in [3.63, 3.8) is 0 Å². The molecule has 0 aliphatic carbocycles. The van der Waals surface area contributed by atoms with Gasteiger partial charge >= 0.3 is 0 Å². The van der Waals surface area contributed by atoms with Crippen molar-refractivity contribution >= 4 is 17.5 Å². The Bertz CT molecular complexity index is 896. The van der Waals surface area contributed by atoms with Crippen molar-refractivity contribution < 1.29 is 9.53 Å². The zero-order valence-electron chi connectivity index (χ0n) is 13.1. The van der Waals surface area contributed by atoms with Crippen LogP contribution >= 0.6 is 11.6 Å². The summed E-state index contributed by atoms with van der Waals surface area (Å²) >= 11 is 5.97. The average molecular weight is 356 g/mol. The molecular weight excluding hydrogens is 342 g/mol. The summed E-state index contributed by atoms with van der Waals surface area (Å²) in [6.45, 7) is 0.375. The van der Waals surface area contributed by atoms with E-state index in [-0.39, 0.29) is 5.91 Å². The minimum Gasteiger partial charge on any atom is -0.480 e. The third kappa shape index (κ3) is 3.32. The van der Waals surface area contributed by atoms with E-state index in [2.05, 4.69) is 20.4 Å². The minimum atomic E-state index is -0.532. The SMILES string of the molecule is O=C(NCc1ccc(-n2cncn2)nc1)[C@@H]1Cc2cc(Cl)ccc2O1. The fourth-order valence-electron chi connectivity index (χ4n) is 2.65. The second kappa shape index (κ2) is 6.52. The highest BCUT2D eigenvalue weighted by molar-refractivity contribution is 6.30. The standard InChI is InChI=1S/C17H14ClN5O2/c18-13-2-3-14-12(5-13)6-15(25-14)17(24)21-8-11-1-4-16(20-7-11)23-10-19-9-22-23/h1-5,7,9-10,15H,6,8H2,(H,21,24)/t15-/m0/s1. The lowest BCUT2D eigenvalue weighted by Crippen LogP contribution is -2.37. The quantitative estimate of drug-likeness (QED) is 0.773. The maximum Gasteiger partial charge on any atom is 0.261 e. The Hall–Kier alpha value is -2.93. The molecule has 1 aromatic carbocycles. The predicted molar refractivity (Wildman–Crippen MR) is 90.6 cm³/mol. The van der Waals surface area contributed by atoms with Gasteiger partial charge in [0.2, 0.25) is 0 Å². The summed E-state index contributed by atoms with van der Waals surface area (Å²) in [6.07, 6.45) is 4.70. The molecule has 8 heteroatoms. The lowest BCUT2D eigenvalue weighted by Gasteiger charge is -2.11. The monoisotopic (exact) mass is 355 g/mol. The molecule has 3 heterocycles. The van der Waals surface area contributed by atoms with E-state index in [4.69, 9.17) is 16.3 Å². The van der Waals surface area contributed by atoms with Crippen LogP contribution in [0.1, 0.15) is 11.1 Å². The number of fused-ring (bicyclic) bond motifs is 1. The summed E-state index contributed by atoms with van der Waals surface area (Å²) in [5.41, 5.74) is 1.84. The molecule has 0 unspecified atom stereocenters. The number of rotatable bonds is 4. The van der Waals surface area contributed by atoms with Crippen LogP contribution in [0.25, 0.3) is 5.82 Å². The van der Waals surface area contributed by atoms with Crippen LogP contribution in [0.5, 0.6) is 5.75 Å². The van der Waals surface area contributed by atoms with E-state index in [9.17, 15) is 4.79 Å². The zero-order chi connectivity index (χ0) is 17.2. The number of pyridine rings is 1. The van der Waals surface area contributed by atoms with Crippen LogP contribution in [0, 0.1) is 0 Å². The molecule has 0 saturated heterocycles. The lowest BCUT2D eigenvalue weighted by molar-refractivity contribution is -0.127. The van der Waals surface area contributed by atoms with Crippen molar-refractivity contribution in [2.45, 2.75) is 19.1 Å². The molecule has 0 bridgehead atoms. The van der Waals surface area contributed by atoms with Gasteiger partial charge in [-0.1, -0.05) is 17.7 Å². The first kappa shape index (κ1) is 15.6. The third-order valence-electron chi connectivity index (χ3n) is 3.92. The van der Waals surface area contributed by atoms with Gasteiger partial charge in [0, 0.05) is 24.2 Å². The van der Waals surface area contributed by atoms with E-state index in [0.717, 1.165) is 11.1 Å². The number of carbonyl (C=O) groups excluding carboxylic acids is 1. The van der Waals surface area contributed by atoms with Gasteiger partial charge in [-0.25, -0.2) is 14.6 Å². The number of carbonyl (C=O) groups is 1. The molecule has 1 N–H and O–H groups in total. The summed E-state index contributed by atoms with van der Waals surface area (Å²) in [7, 11) is 0. The second-order valence-electron chi connectivity index (χ2n) is 5.65. The maximum atomic E-state index is 12.3. The van der Waals surface area contributed by atoms with Crippen molar-refractivity contribution in [1.29, 1.82) is 0 Å². The maximum absolute atomic E-state index is 12.3. The van der Waals surface area contributed by atoms with Gasteiger partial charge in [-0.3, -0.25) is 4.79 Å². The summed E-state index contributed by atoms with van der Waals surface area (Å²) < 4.78 is 7.24. The van der Waals surface area contributed by atoms with Gasteiger partial charge in [-0.2, -0.15) is 5.10 Å². The van der Waals surface area contributed by atoms with Gasteiger partial charge < -0.3 is 10.1 Å². The largest absolute Gasteiger partial charge is 0.480 e. The van der Waals surface area contributed by atoms with Gasteiger partial charge in [0.25, 0.3) is 5.91 Å². The lowest BCUT2D eigenvalue weighted by atomic mass is 10.1. The first-order chi connectivity index (χ1) is 12.2. The molecule has 0 radical (unpaired) electrons. The highest BCUT2D eigenvalue weighted by Gasteiger charge is 2.28. The first-order valence-electron chi connectivity index (χ1n) is 7.72. The molecular formula is C17H14ClN5O2. The number of hydrogen-bond donors (Lipinski definition) is 1. The molecule has 1 aliphatic rings. The number of amides is 1. The number of ether oxygens (including phenoxy) is 1. The topological polar surface area (TPSA) is 81.9 Å². The van der Waals surface area contributed by atoms with E-state index in [1.807, 2.05) is 18.2 Å². The Morgan fingerprint density at radius 2 is 2.28 bits per heavy atom. The smallest absolute Gasteiger partial charge is 0.261 e. The summed E-state index contributed by atoms with van der Waals surface area (Å²) in [5.74, 6) is 1.22. The normalized spacial score (nSPS) is 15.5. The highest BCUT2D eigenvalue weighted by Crippen LogP contribution is 2.31. The fraction of sp³-hybridized carbons (Fsp3) is 0.176. The van der Waals surface area contributed by atoms with Crippen LogP contribution in [-0.2, 0) is 17.8 Å². The third-order valence-corrected chi connectivity index (χ3v) is 4.15. The fourth-order valence-corrected chi connectivity index (χ4v) is 2.84. The Morgan fingerprint density at radius 3 is 3.04 bits per heavy atom. The van der Waals surface area contributed by atoms with Gasteiger partial charge in [0.05, 0.1) is 0 Å². The zero-order valence-corrected chi connectivity index (χ0v) is 13.8. The molecule has 0 spiro atoms. The van der Waals surface area contributed by atoms with Gasteiger partial charge in [-0.15, -0.1) is 0 Å². The molecule has 0 fully saturated rings. The van der Waals surface area contributed by atoms with E-state index < -0.39 is 6.10 Å². The van der Waals surface area contributed by atoms with Crippen LogP contribution in [-0.4, -0.2) is 31.8 Å². The van der Waals surface area contributed by atoms with Crippen LogP contribution in [0.2, 0.25) is 5.02 Å². The molecule has 4 rings (SSSR count). The van der Waals surface area contributed by atoms with Crippen molar-refractivity contribution in [3.8, 4) is 11.6 Å². The molecule has 3 aromatic rings. The Balaban J connectivity index is 1.35. The van der Waals surface area contributed by atoms with Crippen molar-refractivity contribution in [2.75, 3.05) is 0 Å². The first-order valence-corrected chi connectivity index (χ1v) is 8.09. The second-order valence-corrected chi connectivity index (χ2v) is 6.08. The number of aromatic nitrogens is 4. The van der Waals surface area contributed by atoms with Crippen LogP contribution in [0.3, 0.4) is 0 Å². The number of nitrogens with zero attached hydrogens (tertiary/aromatic N) is 4. The molecule has 25 heavy (non-hydrogen) atoms. The summed E-state index contributed by atoms with van der Waals surface area (Å²) in [6, 6.07) is 9.08. The molecule has 7 nitrogen and oxygen atoms in total. The molecule has 1 aliphatic heterocycles. The van der Waals surface area contributed by atoms with Gasteiger partial charge in [0.15, 0.2) is 11.9 Å².